The molecule has 4 nitrogen and oxygen atoms in total. The van der Waals surface area contributed by atoms with Crippen molar-refractivity contribution in [2.24, 2.45) is 0 Å². The normalized spacial score (nSPS) is 12.2. The van der Waals surface area contributed by atoms with Crippen molar-refractivity contribution in [3.05, 3.63) is 65.3 Å². The van der Waals surface area contributed by atoms with Crippen LogP contribution in [0.3, 0.4) is 0 Å². The minimum absolute atomic E-state index is 0.391. The molecule has 1 unspecified atom stereocenters. The number of halogens is 1. The smallest absolute Gasteiger partial charge is 0.326 e. The van der Waals surface area contributed by atoms with Crippen molar-refractivity contribution >= 4 is 34.2 Å². The lowest BCUT2D eigenvalue weighted by atomic mass is 10.0. The van der Waals surface area contributed by atoms with Gasteiger partial charge in [0.1, 0.15) is 6.04 Å². The molecule has 0 aliphatic carbocycles. The van der Waals surface area contributed by atoms with Gasteiger partial charge >= 0.3 is 5.97 Å². The van der Waals surface area contributed by atoms with Gasteiger partial charge in [0, 0.05) is 34.2 Å². The zero-order valence-corrected chi connectivity index (χ0v) is 12.5. The van der Waals surface area contributed by atoms with Gasteiger partial charge in [0.05, 0.1) is 0 Å². The number of benzene rings is 2. The van der Waals surface area contributed by atoms with Crippen LogP contribution in [0.25, 0.3) is 10.9 Å². The molecule has 3 aromatic rings. The van der Waals surface area contributed by atoms with E-state index in [4.69, 9.17) is 11.6 Å². The van der Waals surface area contributed by atoms with Crippen LogP contribution < -0.4 is 5.32 Å². The number of aliphatic carboxylic acids is 1. The number of hydrogen-bond donors (Lipinski definition) is 3. The summed E-state index contributed by atoms with van der Waals surface area (Å²) in [5.74, 6) is -0.889. The van der Waals surface area contributed by atoms with E-state index >= 15 is 0 Å². The van der Waals surface area contributed by atoms with E-state index in [-0.39, 0.29) is 0 Å². The molecule has 1 heterocycles. The highest BCUT2D eigenvalue weighted by atomic mass is 35.5. The van der Waals surface area contributed by atoms with Crippen molar-refractivity contribution < 1.29 is 9.90 Å². The quantitative estimate of drug-likeness (QED) is 0.668. The van der Waals surface area contributed by atoms with Gasteiger partial charge in [-0.1, -0.05) is 29.8 Å². The first-order valence-corrected chi connectivity index (χ1v) is 7.31. The maximum atomic E-state index is 11.5. The lowest BCUT2D eigenvalue weighted by molar-refractivity contribution is -0.137. The SMILES string of the molecule is O=C(O)C(Cc1c[nH]c2ccccc12)Nc1ccc(Cl)cc1. The van der Waals surface area contributed by atoms with Crippen LogP contribution in [0.15, 0.2) is 54.7 Å². The first kappa shape index (κ1) is 14.5. The molecule has 0 spiro atoms. The van der Waals surface area contributed by atoms with Gasteiger partial charge in [-0.25, -0.2) is 4.79 Å². The number of carboxylic acids is 1. The second-order valence-corrected chi connectivity index (χ2v) is 5.54. The van der Waals surface area contributed by atoms with Crippen molar-refractivity contribution in [1.29, 1.82) is 0 Å². The fourth-order valence-electron chi connectivity index (χ4n) is 2.47. The molecule has 22 heavy (non-hydrogen) atoms. The molecular weight excluding hydrogens is 300 g/mol. The van der Waals surface area contributed by atoms with E-state index in [0.717, 1.165) is 22.2 Å². The van der Waals surface area contributed by atoms with Gasteiger partial charge in [-0.3, -0.25) is 0 Å². The zero-order chi connectivity index (χ0) is 15.5. The Balaban J connectivity index is 1.82. The van der Waals surface area contributed by atoms with Gasteiger partial charge in [0.2, 0.25) is 0 Å². The first-order valence-electron chi connectivity index (χ1n) is 6.93. The summed E-state index contributed by atoms with van der Waals surface area (Å²) in [6, 6.07) is 14.2. The number of fused-ring (bicyclic) bond motifs is 1. The third kappa shape index (κ3) is 3.07. The molecule has 3 N–H and O–H groups in total. The highest BCUT2D eigenvalue weighted by Gasteiger charge is 2.19. The molecule has 0 saturated carbocycles. The Kier molecular flexibility index (Phi) is 4.02. The molecule has 0 bridgehead atoms. The van der Waals surface area contributed by atoms with Crippen molar-refractivity contribution in [2.75, 3.05) is 5.32 Å². The van der Waals surface area contributed by atoms with Gasteiger partial charge in [-0.05, 0) is 35.9 Å². The molecule has 0 aliphatic rings. The minimum atomic E-state index is -0.889. The summed E-state index contributed by atoms with van der Waals surface area (Å²) < 4.78 is 0. The van der Waals surface area contributed by atoms with Crippen molar-refractivity contribution in [3.63, 3.8) is 0 Å². The number of anilines is 1. The number of aromatic nitrogens is 1. The molecule has 3 rings (SSSR count). The summed E-state index contributed by atoms with van der Waals surface area (Å²) in [5, 5.41) is 14.2. The molecule has 1 atom stereocenters. The van der Waals surface area contributed by atoms with Gasteiger partial charge in [-0.2, -0.15) is 0 Å². The number of H-pyrrole nitrogens is 1. The summed E-state index contributed by atoms with van der Waals surface area (Å²) in [6.45, 7) is 0. The lowest BCUT2D eigenvalue weighted by Gasteiger charge is -2.15. The molecule has 112 valence electrons. The average Bonchev–Trinajstić information content (AvgIpc) is 2.92. The van der Waals surface area contributed by atoms with Gasteiger partial charge in [0.15, 0.2) is 0 Å². The lowest BCUT2D eigenvalue weighted by Crippen LogP contribution is -2.31. The van der Waals surface area contributed by atoms with Crippen molar-refractivity contribution in [1.82, 2.24) is 4.98 Å². The van der Waals surface area contributed by atoms with Crippen LogP contribution in [0.5, 0.6) is 0 Å². The fourth-order valence-corrected chi connectivity index (χ4v) is 2.59. The number of hydrogen-bond acceptors (Lipinski definition) is 2. The van der Waals surface area contributed by atoms with Gasteiger partial charge in [0.25, 0.3) is 0 Å². The van der Waals surface area contributed by atoms with Gasteiger partial charge < -0.3 is 15.4 Å². The summed E-state index contributed by atoms with van der Waals surface area (Å²) >= 11 is 5.84. The molecule has 1 aromatic heterocycles. The Hall–Kier alpha value is -2.46. The second kappa shape index (κ2) is 6.12. The van der Waals surface area contributed by atoms with Crippen LogP contribution in [0, 0.1) is 0 Å². The average molecular weight is 315 g/mol. The van der Waals surface area contributed by atoms with Crippen LogP contribution in [0.1, 0.15) is 5.56 Å². The number of nitrogens with one attached hydrogen (secondary N) is 2. The first-order chi connectivity index (χ1) is 10.6. The molecule has 0 radical (unpaired) electrons. The van der Waals surface area contributed by atoms with Crippen LogP contribution in [0.2, 0.25) is 5.02 Å². The Morgan fingerprint density at radius 1 is 1.18 bits per heavy atom. The van der Waals surface area contributed by atoms with Crippen molar-refractivity contribution in [3.8, 4) is 0 Å². The molecular formula is C17H15ClN2O2. The fraction of sp³-hybridized carbons (Fsp3) is 0.118. The number of carbonyl (C=O) groups is 1. The number of rotatable bonds is 5. The van der Waals surface area contributed by atoms with Crippen LogP contribution in [-0.4, -0.2) is 22.1 Å². The van der Waals surface area contributed by atoms with Crippen LogP contribution in [0.4, 0.5) is 5.69 Å². The number of aromatic amines is 1. The summed E-state index contributed by atoms with van der Waals surface area (Å²) in [5.41, 5.74) is 2.72. The number of carboxylic acid groups (broad SMARTS) is 1. The van der Waals surface area contributed by atoms with E-state index in [1.807, 2.05) is 30.5 Å². The molecule has 0 saturated heterocycles. The molecule has 0 aliphatic heterocycles. The third-order valence-corrected chi connectivity index (χ3v) is 3.83. The predicted octanol–water partition coefficient (Wildman–Crippen LogP) is 3.93. The Morgan fingerprint density at radius 3 is 2.64 bits per heavy atom. The second-order valence-electron chi connectivity index (χ2n) is 5.11. The molecule has 2 aromatic carbocycles. The maximum absolute atomic E-state index is 11.5. The Bertz CT molecular complexity index is 796. The van der Waals surface area contributed by atoms with E-state index < -0.39 is 12.0 Å². The van der Waals surface area contributed by atoms with Crippen molar-refractivity contribution in [2.45, 2.75) is 12.5 Å². The monoisotopic (exact) mass is 314 g/mol. The zero-order valence-electron chi connectivity index (χ0n) is 11.7. The predicted molar refractivity (Wildman–Crippen MR) is 88.5 cm³/mol. The molecule has 0 fully saturated rings. The Labute approximate surface area is 132 Å². The highest BCUT2D eigenvalue weighted by Crippen LogP contribution is 2.21. The van der Waals surface area contributed by atoms with Crippen LogP contribution in [-0.2, 0) is 11.2 Å². The molecule has 0 amide bonds. The standard InChI is InChI=1S/C17H15ClN2O2/c18-12-5-7-13(8-6-12)20-16(17(21)22)9-11-10-19-15-4-2-1-3-14(11)15/h1-8,10,16,19-20H,9H2,(H,21,22). The van der Waals surface area contributed by atoms with Gasteiger partial charge in [-0.15, -0.1) is 0 Å². The topological polar surface area (TPSA) is 65.1 Å². The third-order valence-electron chi connectivity index (χ3n) is 3.58. The molecule has 5 heteroatoms. The van der Waals surface area contributed by atoms with E-state index in [1.165, 1.54) is 0 Å². The van der Waals surface area contributed by atoms with E-state index in [1.54, 1.807) is 24.3 Å². The summed E-state index contributed by atoms with van der Waals surface area (Å²) in [7, 11) is 0. The Morgan fingerprint density at radius 2 is 1.91 bits per heavy atom. The maximum Gasteiger partial charge on any atom is 0.326 e. The summed E-state index contributed by atoms with van der Waals surface area (Å²) in [4.78, 5) is 14.7. The van der Waals surface area contributed by atoms with E-state index in [9.17, 15) is 9.90 Å². The van der Waals surface area contributed by atoms with Crippen LogP contribution >= 0.6 is 11.6 Å². The number of para-hydroxylation sites is 1. The highest BCUT2D eigenvalue weighted by molar-refractivity contribution is 6.30. The minimum Gasteiger partial charge on any atom is -0.480 e. The van der Waals surface area contributed by atoms with E-state index in [2.05, 4.69) is 10.3 Å². The largest absolute Gasteiger partial charge is 0.480 e. The van der Waals surface area contributed by atoms with E-state index in [0.29, 0.717) is 11.4 Å². The summed E-state index contributed by atoms with van der Waals surface area (Å²) in [6.07, 6.45) is 2.26.